The van der Waals surface area contributed by atoms with E-state index < -0.39 is 101 Å². The summed E-state index contributed by atoms with van der Waals surface area (Å²) in [6.07, 6.45) is -1.01. The third kappa shape index (κ3) is 3.19. The Morgan fingerprint density at radius 1 is 1.06 bits per heavy atom. The standard InChI is InChI=1S/C16H13F4NO9S2/c1-3(22)29-12-4-2-5-11(12)21-31(24,25)14(5)6(4)16(23)30-13-7(17)9(19)15(32(26,27)28)10(20)8(13)18/h4-6,11-12,14,21H,2H2,1H3,(H,26,27,28). The van der Waals surface area contributed by atoms with Crippen LogP contribution in [0.2, 0.25) is 0 Å². The fourth-order valence-electron chi connectivity index (χ4n) is 4.89. The number of rotatable bonds is 4. The molecule has 2 saturated carbocycles. The van der Waals surface area contributed by atoms with Crippen LogP contribution >= 0.6 is 0 Å². The number of sulfonamides is 1. The Morgan fingerprint density at radius 2 is 1.62 bits per heavy atom. The second kappa shape index (κ2) is 7.10. The molecular weight excluding hydrogens is 490 g/mol. The molecule has 16 heteroatoms. The van der Waals surface area contributed by atoms with Gasteiger partial charge in [0.2, 0.25) is 27.4 Å². The van der Waals surface area contributed by atoms with Crippen LogP contribution in [0.4, 0.5) is 17.6 Å². The minimum absolute atomic E-state index is 0.0780. The van der Waals surface area contributed by atoms with Crippen molar-refractivity contribution in [3.8, 4) is 5.75 Å². The first-order valence-corrected chi connectivity index (χ1v) is 11.9. The maximum absolute atomic E-state index is 14.2. The fraction of sp³-hybridized carbons (Fsp3) is 0.500. The maximum atomic E-state index is 14.2. The Kier molecular flexibility index (Phi) is 5.07. The third-order valence-corrected chi connectivity index (χ3v) is 8.73. The molecular formula is C16H13F4NO9S2. The van der Waals surface area contributed by atoms with E-state index in [1.165, 1.54) is 0 Å². The molecule has 10 nitrogen and oxygen atoms in total. The summed E-state index contributed by atoms with van der Waals surface area (Å²) in [5.74, 6) is -17.5. The molecule has 6 atom stereocenters. The molecule has 1 aromatic carbocycles. The van der Waals surface area contributed by atoms with Gasteiger partial charge in [-0.2, -0.15) is 17.2 Å². The Hall–Kier alpha value is -2.30. The van der Waals surface area contributed by atoms with Gasteiger partial charge >= 0.3 is 22.1 Å². The van der Waals surface area contributed by atoms with Crippen LogP contribution in [0, 0.1) is 41.0 Å². The van der Waals surface area contributed by atoms with Crippen LogP contribution in [0.15, 0.2) is 4.90 Å². The lowest BCUT2D eigenvalue weighted by molar-refractivity contribution is -0.155. The molecule has 1 saturated heterocycles. The number of esters is 2. The second-order valence-corrected chi connectivity index (χ2v) is 10.9. The van der Waals surface area contributed by atoms with Crippen molar-refractivity contribution in [1.29, 1.82) is 0 Å². The van der Waals surface area contributed by atoms with Crippen molar-refractivity contribution < 1.29 is 58.0 Å². The van der Waals surface area contributed by atoms with Crippen molar-refractivity contribution in [2.24, 2.45) is 17.8 Å². The average Bonchev–Trinajstić information content (AvgIpc) is 3.24. The van der Waals surface area contributed by atoms with Crippen LogP contribution in [-0.4, -0.2) is 50.7 Å². The number of carbonyl (C=O) groups is 2. The molecule has 0 radical (unpaired) electrons. The zero-order chi connectivity index (χ0) is 23.9. The molecule has 0 amide bonds. The lowest BCUT2D eigenvalue weighted by Crippen LogP contribution is -2.47. The van der Waals surface area contributed by atoms with Gasteiger partial charge in [-0.25, -0.2) is 21.9 Å². The molecule has 2 bridgehead atoms. The van der Waals surface area contributed by atoms with Gasteiger partial charge in [0.1, 0.15) is 6.10 Å². The predicted octanol–water partition coefficient (Wildman–Crippen LogP) is 0.263. The van der Waals surface area contributed by atoms with E-state index in [0.29, 0.717) is 0 Å². The fourth-order valence-corrected chi connectivity index (χ4v) is 7.80. The Bertz CT molecular complexity index is 1240. The first-order valence-electron chi connectivity index (χ1n) is 8.90. The van der Waals surface area contributed by atoms with Crippen molar-refractivity contribution in [3.05, 3.63) is 23.3 Å². The number of benzene rings is 1. The van der Waals surface area contributed by atoms with Gasteiger partial charge in [-0.3, -0.25) is 14.1 Å². The van der Waals surface area contributed by atoms with Crippen molar-refractivity contribution >= 4 is 32.1 Å². The molecule has 3 aliphatic rings. The van der Waals surface area contributed by atoms with Crippen LogP contribution in [-0.2, 0) is 34.5 Å². The van der Waals surface area contributed by atoms with Gasteiger partial charge in [0.25, 0.3) is 0 Å². The van der Waals surface area contributed by atoms with Gasteiger partial charge < -0.3 is 9.47 Å². The van der Waals surface area contributed by atoms with Crippen LogP contribution in [0.5, 0.6) is 5.75 Å². The van der Waals surface area contributed by atoms with Gasteiger partial charge in [-0.05, 0) is 12.3 Å². The number of fused-ring (bicyclic) bond motifs is 1. The molecule has 4 rings (SSSR count). The van der Waals surface area contributed by atoms with Gasteiger partial charge in [-0.1, -0.05) is 0 Å². The van der Waals surface area contributed by atoms with E-state index >= 15 is 0 Å². The molecule has 1 aliphatic heterocycles. The summed E-state index contributed by atoms with van der Waals surface area (Å²) in [7, 11) is -9.86. The summed E-state index contributed by atoms with van der Waals surface area (Å²) >= 11 is 0. The monoisotopic (exact) mass is 503 g/mol. The Labute approximate surface area is 177 Å². The first kappa shape index (κ1) is 22.9. The van der Waals surface area contributed by atoms with Crippen molar-refractivity contribution in [3.63, 3.8) is 0 Å². The summed E-state index contributed by atoms with van der Waals surface area (Å²) in [6.45, 7) is 1.05. The van der Waals surface area contributed by atoms with Crippen molar-refractivity contribution in [1.82, 2.24) is 4.72 Å². The van der Waals surface area contributed by atoms with Gasteiger partial charge in [0.05, 0.1) is 17.2 Å². The number of hydrogen-bond acceptors (Lipinski definition) is 8. The van der Waals surface area contributed by atoms with E-state index in [1.54, 1.807) is 0 Å². The smallest absolute Gasteiger partial charge is 0.316 e. The molecule has 2 aliphatic carbocycles. The Balaban J connectivity index is 1.73. The normalized spacial score (nSPS) is 32.2. The van der Waals surface area contributed by atoms with E-state index in [2.05, 4.69) is 9.46 Å². The molecule has 6 unspecified atom stereocenters. The van der Waals surface area contributed by atoms with Crippen LogP contribution in [0.3, 0.4) is 0 Å². The predicted molar refractivity (Wildman–Crippen MR) is 92.0 cm³/mol. The van der Waals surface area contributed by atoms with E-state index in [4.69, 9.17) is 9.29 Å². The van der Waals surface area contributed by atoms with Gasteiger partial charge in [0.15, 0.2) is 16.5 Å². The topological polar surface area (TPSA) is 153 Å². The summed E-state index contributed by atoms with van der Waals surface area (Å²) in [5.41, 5.74) is 0. The molecule has 1 heterocycles. The number of hydrogen-bond donors (Lipinski definition) is 2. The van der Waals surface area contributed by atoms with Crippen molar-refractivity contribution in [2.75, 3.05) is 0 Å². The summed E-state index contributed by atoms with van der Waals surface area (Å²) in [5, 5.41) is -1.41. The molecule has 3 fully saturated rings. The first-order chi connectivity index (χ1) is 14.7. The zero-order valence-corrected chi connectivity index (χ0v) is 17.3. The van der Waals surface area contributed by atoms with Crippen molar-refractivity contribution in [2.45, 2.75) is 35.6 Å². The molecule has 1 aromatic rings. The molecule has 32 heavy (non-hydrogen) atoms. The quantitative estimate of drug-likeness (QED) is 0.194. The number of carbonyl (C=O) groups excluding carboxylic acids is 2. The molecule has 0 aromatic heterocycles. The second-order valence-electron chi connectivity index (χ2n) is 7.63. The van der Waals surface area contributed by atoms with E-state index in [1.807, 2.05) is 0 Å². The lowest BCUT2D eigenvalue weighted by Gasteiger charge is -2.30. The highest BCUT2D eigenvalue weighted by Crippen LogP contribution is 2.56. The lowest BCUT2D eigenvalue weighted by atomic mass is 9.83. The number of ether oxygens (including phenoxy) is 2. The zero-order valence-electron chi connectivity index (χ0n) is 15.7. The van der Waals surface area contributed by atoms with Gasteiger partial charge in [-0.15, -0.1) is 0 Å². The molecule has 2 N–H and O–H groups in total. The van der Waals surface area contributed by atoms with E-state index in [-0.39, 0.29) is 6.42 Å². The van der Waals surface area contributed by atoms with E-state index in [0.717, 1.165) is 6.92 Å². The SMILES string of the molecule is CC(=O)OC1C2CC3C1NS(=O)(=O)C3C2C(=O)Oc1c(F)c(F)c(S(=O)(=O)O)c(F)c1F. The largest absolute Gasteiger partial charge is 0.461 e. The summed E-state index contributed by atoms with van der Waals surface area (Å²) in [6, 6.07) is -0.819. The third-order valence-electron chi connectivity index (χ3n) is 5.90. The van der Waals surface area contributed by atoms with Crippen LogP contribution < -0.4 is 9.46 Å². The highest BCUT2D eigenvalue weighted by molar-refractivity contribution is 7.90. The van der Waals surface area contributed by atoms with Gasteiger partial charge in [0, 0.05) is 12.8 Å². The maximum Gasteiger partial charge on any atom is 0.316 e. The molecule has 176 valence electrons. The van der Waals surface area contributed by atoms with Crippen LogP contribution in [0.25, 0.3) is 0 Å². The molecule has 0 spiro atoms. The summed E-state index contributed by atoms with van der Waals surface area (Å²) in [4.78, 5) is 21.8. The highest BCUT2D eigenvalue weighted by Gasteiger charge is 2.70. The summed E-state index contributed by atoms with van der Waals surface area (Å²) < 4.78 is 124. The number of halogens is 4. The number of nitrogens with one attached hydrogen (secondary N) is 1. The highest BCUT2D eigenvalue weighted by atomic mass is 32.2. The minimum Gasteiger partial charge on any atom is -0.461 e. The van der Waals surface area contributed by atoms with Crippen LogP contribution in [0.1, 0.15) is 13.3 Å². The minimum atomic E-state index is -5.72. The Morgan fingerprint density at radius 3 is 2.12 bits per heavy atom. The average molecular weight is 503 g/mol. The van der Waals surface area contributed by atoms with E-state index in [9.17, 15) is 44.0 Å².